The molecular formula is C16H14ClNO2. The van der Waals surface area contributed by atoms with E-state index < -0.39 is 5.41 Å². The third kappa shape index (κ3) is 1.47. The molecule has 2 amide bonds. The lowest BCUT2D eigenvalue weighted by Crippen LogP contribution is -2.38. The smallest absolute Gasteiger partial charge is 0.241 e. The number of fused-ring (bicyclic) bond motifs is 3. The van der Waals surface area contributed by atoms with Crippen molar-refractivity contribution in [3.05, 3.63) is 41.4 Å². The molecule has 2 bridgehead atoms. The van der Waals surface area contributed by atoms with Crippen molar-refractivity contribution in [1.82, 2.24) is 0 Å². The van der Waals surface area contributed by atoms with Crippen molar-refractivity contribution in [3.63, 3.8) is 0 Å². The van der Waals surface area contributed by atoms with Crippen LogP contribution < -0.4 is 4.90 Å². The zero-order chi connectivity index (χ0) is 13.9. The SMILES string of the molecule is O=C1C[C@]2(C[C@@H]3C=C[C@H]2C3)C(=O)N1c1ccc(Cl)cc1. The summed E-state index contributed by atoms with van der Waals surface area (Å²) in [6, 6.07) is 6.90. The molecule has 102 valence electrons. The van der Waals surface area contributed by atoms with Crippen LogP contribution in [0.3, 0.4) is 0 Å². The van der Waals surface area contributed by atoms with Gasteiger partial charge in [-0.25, -0.2) is 0 Å². The van der Waals surface area contributed by atoms with Crippen LogP contribution in [-0.4, -0.2) is 11.8 Å². The predicted molar refractivity (Wildman–Crippen MR) is 76.3 cm³/mol. The molecule has 1 aromatic rings. The topological polar surface area (TPSA) is 37.4 Å². The highest BCUT2D eigenvalue weighted by molar-refractivity contribution is 6.30. The van der Waals surface area contributed by atoms with Gasteiger partial charge >= 0.3 is 0 Å². The second kappa shape index (κ2) is 3.95. The molecule has 0 N–H and O–H groups in total. The fourth-order valence-corrected chi connectivity index (χ4v) is 4.14. The van der Waals surface area contributed by atoms with Crippen LogP contribution in [0, 0.1) is 17.3 Å². The maximum absolute atomic E-state index is 12.9. The molecule has 1 saturated heterocycles. The fraction of sp³-hybridized carbons (Fsp3) is 0.375. The molecule has 0 unspecified atom stereocenters. The molecule has 3 atom stereocenters. The molecule has 1 aromatic carbocycles. The number of nitrogens with zero attached hydrogens (tertiary/aromatic N) is 1. The molecule has 0 aromatic heterocycles. The summed E-state index contributed by atoms with van der Waals surface area (Å²) in [6.45, 7) is 0. The molecule has 1 spiro atoms. The largest absolute Gasteiger partial charge is 0.274 e. The number of hydrogen-bond acceptors (Lipinski definition) is 2. The Hall–Kier alpha value is -1.61. The number of benzene rings is 1. The third-order valence-corrected chi connectivity index (χ3v) is 5.19. The zero-order valence-corrected chi connectivity index (χ0v) is 11.6. The van der Waals surface area contributed by atoms with Crippen molar-refractivity contribution >= 4 is 29.1 Å². The van der Waals surface area contributed by atoms with Gasteiger partial charge in [0.15, 0.2) is 0 Å². The first-order chi connectivity index (χ1) is 9.60. The maximum atomic E-state index is 12.9. The molecule has 3 aliphatic rings. The fourth-order valence-electron chi connectivity index (χ4n) is 4.02. The van der Waals surface area contributed by atoms with Gasteiger partial charge in [0.25, 0.3) is 0 Å². The normalized spacial score (nSPS) is 34.8. The first kappa shape index (κ1) is 12.2. The van der Waals surface area contributed by atoms with E-state index in [4.69, 9.17) is 11.6 Å². The van der Waals surface area contributed by atoms with Crippen molar-refractivity contribution < 1.29 is 9.59 Å². The first-order valence-electron chi connectivity index (χ1n) is 6.91. The Labute approximate surface area is 122 Å². The minimum Gasteiger partial charge on any atom is -0.274 e. The summed E-state index contributed by atoms with van der Waals surface area (Å²) in [5.74, 6) is 0.600. The van der Waals surface area contributed by atoms with E-state index in [0.717, 1.165) is 12.8 Å². The Morgan fingerprint density at radius 1 is 1.15 bits per heavy atom. The highest BCUT2D eigenvalue weighted by atomic mass is 35.5. The van der Waals surface area contributed by atoms with Crippen LogP contribution in [0.4, 0.5) is 5.69 Å². The number of carbonyl (C=O) groups is 2. The highest BCUT2D eigenvalue weighted by Gasteiger charge is 2.60. The molecule has 1 heterocycles. The van der Waals surface area contributed by atoms with Gasteiger partial charge < -0.3 is 0 Å². The van der Waals surface area contributed by atoms with E-state index in [1.54, 1.807) is 24.3 Å². The zero-order valence-electron chi connectivity index (χ0n) is 10.9. The highest BCUT2D eigenvalue weighted by Crippen LogP contribution is 2.57. The second-order valence-electron chi connectivity index (χ2n) is 6.03. The van der Waals surface area contributed by atoms with E-state index in [1.165, 1.54) is 4.90 Å². The van der Waals surface area contributed by atoms with Gasteiger partial charge in [-0.05, 0) is 48.9 Å². The van der Waals surface area contributed by atoms with Crippen LogP contribution in [-0.2, 0) is 9.59 Å². The minimum atomic E-state index is -0.476. The molecule has 0 radical (unpaired) electrons. The summed E-state index contributed by atoms with van der Waals surface area (Å²) in [5.41, 5.74) is 0.156. The van der Waals surface area contributed by atoms with Gasteiger partial charge in [0.2, 0.25) is 11.8 Å². The Kier molecular flexibility index (Phi) is 2.40. The van der Waals surface area contributed by atoms with Crippen molar-refractivity contribution in [2.75, 3.05) is 4.90 Å². The van der Waals surface area contributed by atoms with Crippen LogP contribution in [0.1, 0.15) is 19.3 Å². The number of carbonyl (C=O) groups excluding carboxylic acids is 2. The summed E-state index contributed by atoms with van der Waals surface area (Å²) in [6.07, 6.45) is 6.51. The standard InChI is InChI=1S/C16H14ClNO2/c17-12-3-5-13(6-4-12)18-14(19)9-16(15(18)20)8-10-1-2-11(16)7-10/h1-6,10-11H,7-9H2/t10-,11+,16+/m1/s1. The minimum absolute atomic E-state index is 0.0262. The molecule has 1 saturated carbocycles. The Bertz CT molecular complexity index is 636. The number of hydrogen-bond donors (Lipinski definition) is 0. The lowest BCUT2D eigenvalue weighted by molar-refractivity contribution is -0.126. The number of halogens is 1. The van der Waals surface area contributed by atoms with Crippen LogP contribution in [0.25, 0.3) is 0 Å². The van der Waals surface area contributed by atoms with E-state index in [1.807, 2.05) is 0 Å². The Morgan fingerprint density at radius 2 is 1.90 bits per heavy atom. The van der Waals surface area contributed by atoms with Gasteiger partial charge in [-0.3, -0.25) is 14.5 Å². The van der Waals surface area contributed by atoms with Gasteiger partial charge in [0, 0.05) is 11.4 Å². The summed E-state index contributed by atoms with van der Waals surface area (Å²) in [7, 11) is 0. The molecular weight excluding hydrogens is 274 g/mol. The molecule has 4 heteroatoms. The average molecular weight is 288 g/mol. The average Bonchev–Trinajstić information content (AvgIpc) is 3.07. The monoisotopic (exact) mass is 287 g/mol. The van der Waals surface area contributed by atoms with Crippen molar-refractivity contribution in [2.24, 2.45) is 17.3 Å². The van der Waals surface area contributed by atoms with Crippen molar-refractivity contribution in [2.45, 2.75) is 19.3 Å². The summed E-state index contributed by atoms with van der Waals surface area (Å²) in [5, 5.41) is 0.602. The molecule has 1 aliphatic heterocycles. The number of anilines is 1. The van der Waals surface area contributed by atoms with E-state index >= 15 is 0 Å². The summed E-state index contributed by atoms with van der Waals surface area (Å²) >= 11 is 5.87. The summed E-state index contributed by atoms with van der Waals surface area (Å²) < 4.78 is 0. The molecule has 20 heavy (non-hydrogen) atoms. The number of allylic oxidation sites excluding steroid dienone is 2. The lowest BCUT2D eigenvalue weighted by atomic mass is 9.74. The summed E-state index contributed by atoms with van der Waals surface area (Å²) in [4.78, 5) is 26.6. The quantitative estimate of drug-likeness (QED) is 0.588. The van der Waals surface area contributed by atoms with Gasteiger partial charge in [0.05, 0.1) is 11.1 Å². The Morgan fingerprint density at radius 3 is 2.50 bits per heavy atom. The van der Waals surface area contributed by atoms with Gasteiger partial charge in [-0.2, -0.15) is 0 Å². The first-order valence-corrected chi connectivity index (χ1v) is 7.29. The van der Waals surface area contributed by atoms with Crippen LogP contribution in [0.2, 0.25) is 5.02 Å². The predicted octanol–water partition coefficient (Wildman–Crippen LogP) is 3.19. The van der Waals surface area contributed by atoms with E-state index in [-0.39, 0.29) is 17.7 Å². The van der Waals surface area contributed by atoms with Crippen LogP contribution in [0.5, 0.6) is 0 Å². The van der Waals surface area contributed by atoms with E-state index in [2.05, 4.69) is 12.2 Å². The van der Waals surface area contributed by atoms with E-state index in [9.17, 15) is 9.59 Å². The van der Waals surface area contributed by atoms with Gasteiger partial charge in [0.1, 0.15) is 0 Å². The Balaban J connectivity index is 1.73. The van der Waals surface area contributed by atoms with E-state index in [0.29, 0.717) is 23.0 Å². The number of imide groups is 1. The van der Waals surface area contributed by atoms with Crippen LogP contribution >= 0.6 is 11.6 Å². The van der Waals surface area contributed by atoms with Gasteiger partial charge in [-0.15, -0.1) is 0 Å². The van der Waals surface area contributed by atoms with Crippen LogP contribution in [0.15, 0.2) is 36.4 Å². The number of rotatable bonds is 1. The molecule has 2 fully saturated rings. The lowest BCUT2D eigenvalue weighted by Gasteiger charge is -2.28. The van der Waals surface area contributed by atoms with Crippen molar-refractivity contribution in [3.8, 4) is 0 Å². The molecule has 4 rings (SSSR count). The third-order valence-electron chi connectivity index (χ3n) is 4.94. The van der Waals surface area contributed by atoms with Gasteiger partial charge in [-0.1, -0.05) is 23.8 Å². The van der Waals surface area contributed by atoms with Crippen molar-refractivity contribution in [1.29, 1.82) is 0 Å². The molecule has 2 aliphatic carbocycles. The number of amides is 2. The molecule has 3 nitrogen and oxygen atoms in total. The second-order valence-corrected chi connectivity index (χ2v) is 6.47. The maximum Gasteiger partial charge on any atom is 0.241 e.